The van der Waals surface area contributed by atoms with Crippen molar-refractivity contribution in [2.45, 2.75) is 18.7 Å². The van der Waals surface area contributed by atoms with E-state index in [1.54, 1.807) is 24.7 Å². The van der Waals surface area contributed by atoms with Crippen LogP contribution in [0.2, 0.25) is 0 Å². The molecule has 2 aromatic carbocycles. The van der Waals surface area contributed by atoms with Crippen molar-refractivity contribution < 1.29 is 23.7 Å². The predicted molar refractivity (Wildman–Crippen MR) is 117 cm³/mol. The molecule has 1 aliphatic heterocycles. The lowest BCUT2D eigenvalue weighted by Crippen LogP contribution is -2.48. The Hall–Kier alpha value is -2.94. The van der Waals surface area contributed by atoms with Gasteiger partial charge in [-0.05, 0) is 29.8 Å². The van der Waals surface area contributed by atoms with E-state index in [1.165, 1.54) is 12.1 Å². The Bertz CT molecular complexity index is 985. The number of aliphatic hydroxyl groups is 1. The fraction of sp³-hybridized carbons (Fsp3) is 0.375. The van der Waals surface area contributed by atoms with Crippen LogP contribution in [0.3, 0.4) is 0 Å². The number of hydrogen-bond donors (Lipinski definition) is 1. The van der Waals surface area contributed by atoms with E-state index in [4.69, 9.17) is 14.2 Å². The third-order valence-electron chi connectivity index (χ3n) is 5.23. The van der Waals surface area contributed by atoms with Crippen LogP contribution in [0.1, 0.15) is 5.56 Å². The summed E-state index contributed by atoms with van der Waals surface area (Å²) in [6.45, 7) is 3.69. The third kappa shape index (κ3) is 6.53. The van der Waals surface area contributed by atoms with Crippen LogP contribution in [0.4, 0.5) is 4.39 Å². The molecule has 2 heterocycles. The van der Waals surface area contributed by atoms with Crippen LogP contribution in [0, 0.1) is 5.82 Å². The van der Waals surface area contributed by atoms with Gasteiger partial charge in [-0.3, -0.25) is 4.90 Å². The van der Waals surface area contributed by atoms with Gasteiger partial charge in [-0.1, -0.05) is 18.2 Å². The number of rotatable bonds is 9. The molecule has 0 saturated carbocycles. The van der Waals surface area contributed by atoms with E-state index in [1.807, 2.05) is 35.0 Å². The van der Waals surface area contributed by atoms with Gasteiger partial charge < -0.3 is 23.9 Å². The molecule has 1 aromatic heterocycles. The van der Waals surface area contributed by atoms with Crippen LogP contribution < -0.4 is 9.47 Å². The lowest BCUT2D eigenvalue weighted by Gasteiger charge is -2.30. The average molecular weight is 442 g/mol. The highest BCUT2D eigenvalue weighted by molar-refractivity contribution is 5.28. The van der Waals surface area contributed by atoms with Crippen molar-refractivity contribution in [1.82, 2.24) is 14.5 Å². The quantitative estimate of drug-likeness (QED) is 0.551. The Morgan fingerprint density at radius 2 is 1.97 bits per heavy atom. The minimum absolute atomic E-state index is 0.0182. The van der Waals surface area contributed by atoms with Crippen molar-refractivity contribution in [3.05, 3.63) is 78.6 Å². The number of halogens is 1. The topological polar surface area (TPSA) is 69.0 Å². The van der Waals surface area contributed by atoms with Gasteiger partial charge in [0.2, 0.25) is 0 Å². The van der Waals surface area contributed by atoms with E-state index in [0.717, 1.165) is 17.9 Å². The van der Waals surface area contributed by atoms with Crippen LogP contribution >= 0.6 is 0 Å². The first-order valence-electron chi connectivity index (χ1n) is 10.7. The molecule has 0 radical (unpaired) electrons. The van der Waals surface area contributed by atoms with Gasteiger partial charge in [0, 0.05) is 38.1 Å². The van der Waals surface area contributed by atoms with Crippen molar-refractivity contribution in [3.8, 4) is 11.5 Å². The van der Waals surface area contributed by atoms with Gasteiger partial charge in [0.1, 0.15) is 36.1 Å². The summed E-state index contributed by atoms with van der Waals surface area (Å²) < 4.78 is 32.5. The summed E-state index contributed by atoms with van der Waals surface area (Å²) in [5.41, 5.74) is -0.109. The highest BCUT2D eigenvalue weighted by Crippen LogP contribution is 2.20. The summed E-state index contributed by atoms with van der Waals surface area (Å²) in [7, 11) is 0. The monoisotopic (exact) mass is 441 g/mol. The van der Waals surface area contributed by atoms with Crippen molar-refractivity contribution in [2.75, 3.05) is 39.5 Å². The Morgan fingerprint density at radius 3 is 2.78 bits per heavy atom. The number of β-amino-alcohol motifs (C(OH)–C–C–N with tert-alkyl or cyclic N) is 1. The highest BCUT2D eigenvalue weighted by atomic mass is 19.1. The average Bonchev–Trinajstić information content (AvgIpc) is 3.22. The third-order valence-corrected chi connectivity index (χ3v) is 5.23. The number of benzene rings is 2. The molecule has 4 rings (SSSR count). The second-order valence-corrected chi connectivity index (χ2v) is 8.03. The molecule has 0 bridgehead atoms. The maximum Gasteiger partial charge on any atom is 0.134 e. The second-order valence-electron chi connectivity index (χ2n) is 8.03. The molecule has 3 aromatic rings. The normalized spacial score (nSPS) is 19.4. The fourth-order valence-corrected chi connectivity index (χ4v) is 3.67. The second kappa shape index (κ2) is 10.6. The Balaban J connectivity index is 1.32. The summed E-state index contributed by atoms with van der Waals surface area (Å²) in [6.07, 6.45) is 5.41. The lowest BCUT2D eigenvalue weighted by atomic mass is 10.1. The molecule has 32 heavy (non-hydrogen) atoms. The molecule has 0 amide bonds. The molecular formula is C24H28FN3O4. The van der Waals surface area contributed by atoms with E-state index in [2.05, 4.69) is 9.88 Å². The highest BCUT2D eigenvalue weighted by Gasteiger charge is 2.33. The minimum atomic E-state index is -1.19. The zero-order valence-electron chi connectivity index (χ0n) is 17.9. The summed E-state index contributed by atoms with van der Waals surface area (Å²) in [4.78, 5) is 6.16. The Kier molecular flexibility index (Phi) is 7.36. The predicted octanol–water partition coefficient (Wildman–Crippen LogP) is 2.74. The van der Waals surface area contributed by atoms with Crippen LogP contribution in [0.15, 0.2) is 67.3 Å². The van der Waals surface area contributed by atoms with Crippen LogP contribution in [-0.4, -0.2) is 64.7 Å². The van der Waals surface area contributed by atoms with Crippen LogP contribution in [0.25, 0.3) is 0 Å². The van der Waals surface area contributed by atoms with E-state index in [-0.39, 0.29) is 19.0 Å². The Labute approximate surface area is 187 Å². The summed E-state index contributed by atoms with van der Waals surface area (Å²) >= 11 is 0. The van der Waals surface area contributed by atoms with Crippen LogP contribution in [0.5, 0.6) is 11.5 Å². The van der Waals surface area contributed by atoms with Gasteiger partial charge in [-0.25, -0.2) is 9.37 Å². The smallest absolute Gasteiger partial charge is 0.134 e. The molecule has 1 saturated heterocycles. The molecule has 1 fully saturated rings. The number of aromatic nitrogens is 2. The van der Waals surface area contributed by atoms with Crippen molar-refractivity contribution in [1.29, 1.82) is 0 Å². The zero-order valence-corrected chi connectivity index (χ0v) is 17.9. The maximum absolute atomic E-state index is 13.4. The Morgan fingerprint density at radius 1 is 1.12 bits per heavy atom. The number of ether oxygens (including phenoxy) is 3. The molecule has 0 aliphatic carbocycles. The molecule has 8 heteroatoms. The van der Waals surface area contributed by atoms with Gasteiger partial charge in [-0.15, -0.1) is 0 Å². The molecule has 1 aliphatic rings. The minimum Gasteiger partial charge on any atom is -0.492 e. The number of imidazole rings is 1. The summed E-state index contributed by atoms with van der Waals surface area (Å²) in [5.74, 6) is 0.813. The standard InChI is InChI=1S/C24H28FN3O4/c25-21-4-2-6-23(14-21)32-18-24(29)16-28(9-11-30-17-24)15-20-3-1-5-22(13-20)31-12-10-27-8-7-26-19-27/h1-8,13-14,19,29H,9-12,15-18H2/t24-/m1/s1. The fourth-order valence-electron chi connectivity index (χ4n) is 3.67. The molecule has 0 unspecified atom stereocenters. The number of hydrogen-bond acceptors (Lipinski definition) is 6. The molecule has 7 nitrogen and oxygen atoms in total. The first-order chi connectivity index (χ1) is 15.6. The van der Waals surface area contributed by atoms with E-state index >= 15 is 0 Å². The SMILES string of the molecule is O[C@@]1(COc2cccc(F)c2)COCCN(Cc2cccc(OCCn3ccnc3)c2)C1. The number of nitrogens with zero attached hydrogens (tertiary/aromatic N) is 3. The van der Waals surface area contributed by atoms with E-state index in [0.29, 0.717) is 38.6 Å². The molecule has 1 atom stereocenters. The van der Waals surface area contributed by atoms with Gasteiger partial charge in [0.05, 0.1) is 26.1 Å². The van der Waals surface area contributed by atoms with Gasteiger partial charge >= 0.3 is 0 Å². The first kappa shape index (κ1) is 22.3. The zero-order chi connectivity index (χ0) is 22.2. The summed E-state index contributed by atoms with van der Waals surface area (Å²) in [5, 5.41) is 11.1. The summed E-state index contributed by atoms with van der Waals surface area (Å²) in [6, 6.07) is 13.9. The van der Waals surface area contributed by atoms with Gasteiger partial charge in [0.25, 0.3) is 0 Å². The van der Waals surface area contributed by atoms with Crippen molar-refractivity contribution >= 4 is 0 Å². The van der Waals surface area contributed by atoms with E-state index < -0.39 is 5.60 Å². The molecule has 170 valence electrons. The maximum atomic E-state index is 13.4. The largest absolute Gasteiger partial charge is 0.492 e. The molecule has 1 N–H and O–H groups in total. The molecule has 0 spiro atoms. The first-order valence-corrected chi connectivity index (χ1v) is 10.7. The van der Waals surface area contributed by atoms with Gasteiger partial charge in [-0.2, -0.15) is 0 Å². The van der Waals surface area contributed by atoms with E-state index in [9.17, 15) is 9.50 Å². The van der Waals surface area contributed by atoms with Crippen molar-refractivity contribution in [2.24, 2.45) is 0 Å². The lowest BCUT2D eigenvalue weighted by molar-refractivity contribution is -0.0647. The van der Waals surface area contributed by atoms with Gasteiger partial charge in [0.15, 0.2) is 0 Å². The van der Waals surface area contributed by atoms with Crippen LogP contribution in [-0.2, 0) is 17.8 Å². The van der Waals surface area contributed by atoms with Crippen molar-refractivity contribution in [3.63, 3.8) is 0 Å². The molecular weight excluding hydrogens is 413 g/mol.